The third-order valence-electron chi connectivity index (χ3n) is 4.18. The minimum atomic E-state index is 0.511. The summed E-state index contributed by atoms with van der Waals surface area (Å²) in [5, 5.41) is 7.98. The molecule has 1 unspecified atom stereocenters. The second-order valence-corrected chi connectivity index (χ2v) is 5.24. The Morgan fingerprint density at radius 1 is 1.37 bits per heavy atom. The predicted octanol–water partition coefficient (Wildman–Crippen LogP) is 3.09. The number of nitrogens with zero attached hydrogens (tertiary/aromatic N) is 2. The Morgan fingerprint density at radius 2 is 2.21 bits per heavy atom. The van der Waals surface area contributed by atoms with Crippen molar-refractivity contribution in [1.29, 1.82) is 0 Å². The SMILES string of the molecule is CCn1cc(-c2cccc3c2CCC3NC)c(C)n1. The molecular weight excluding hydrogens is 234 g/mol. The summed E-state index contributed by atoms with van der Waals surface area (Å²) in [7, 11) is 2.05. The Balaban J connectivity index is 2.11. The van der Waals surface area contributed by atoms with E-state index in [0.717, 1.165) is 18.7 Å². The van der Waals surface area contributed by atoms with E-state index in [1.807, 2.05) is 11.7 Å². The van der Waals surface area contributed by atoms with E-state index in [1.165, 1.54) is 28.7 Å². The molecule has 1 aromatic heterocycles. The normalized spacial score (nSPS) is 17.7. The monoisotopic (exact) mass is 255 g/mol. The zero-order chi connectivity index (χ0) is 13.4. The highest BCUT2D eigenvalue weighted by Gasteiger charge is 2.24. The third-order valence-corrected chi connectivity index (χ3v) is 4.18. The van der Waals surface area contributed by atoms with Crippen molar-refractivity contribution in [3.05, 3.63) is 41.2 Å². The van der Waals surface area contributed by atoms with E-state index in [4.69, 9.17) is 0 Å². The topological polar surface area (TPSA) is 29.9 Å². The van der Waals surface area contributed by atoms with Gasteiger partial charge in [0.2, 0.25) is 0 Å². The minimum Gasteiger partial charge on any atom is -0.313 e. The molecule has 100 valence electrons. The van der Waals surface area contributed by atoms with Crippen LogP contribution in [0.3, 0.4) is 0 Å². The van der Waals surface area contributed by atoms with Gasteiger partial charge in [-0.2, -0.15) is 5.10 Å². The van der Waals surface area contributed by atoms with Gasteiger partial charge in [0, 0.05) is 24.3 Å². The van der Waals surface area contributed by atoms with Crippen LogP contribution >= 0.6 is 0 Å². The van der Waals surface area contributed by atoms with Crippen molar-refractivity contribution < 1.29 is 0 Å². The molecule has 3 rings (SSSR count). The fourth-order valence-corrected chi connectivity index (χ4v) is 3.15. The van der Waals surface area contributed by atoms with Gasteiger partial charge in [-0.25, -0.2) is 0 Å². The summed E-state index contributed by atoms with van der Waals surface area (Å²) in [6.45, 7) is 5.16. The van der Waals surface area contributed by atoms with E-state index in [0.29, 0.717) is 6.04 Å². The summed E-state index contributed by atoms with van der Waals surface area (Å²) in [4.78, 5) is 0. The van der Waals surface area contributed by atoms with Gasteiger partial charge in [-0.3, -0.25) is 4.68 Å². The van der Waals surface area contributed by atoms with Crippen LogP contribution in [0.4, 0.5) is 0 Å². The highest BCUT2D eigenvalue weighted by Crippen LogP contribution is 2.38. The first-order valence-corrected chi connectivity index (χ1v) is 7.08. The molecular formula is C16H21N3. The van der Waals surface area contributed by atoms with Crippen molar-refractivity contribution >= 4 is 0 Å². The summed E-state index contributed by atoms with van der Waals surface area (Å²) in [5.74, 6) is 0. The number of fused-ring (bicyclic) bond motifs is 1. The van der Waals surface area contributed by atoms with Crippen LogP contribution in [0.1, 0.15) is 36.2 Å². The zero-order valence-corrected chi connectivity index (χ0v) is 11.9. The highest BCUT2D eigenvalue weighted by atomic mass is 15.3. The summed E-state index contributed by atoms with van der Waals surface area (Å²) in [5.41, 5.74) is 6.75. The second kappa shape index (κ2) is 4.82. The lowest BCUT2D eigenvalue weighted by molar-refractivity contribution is 0.590. The average Bonchev–Trinajstić information content (AvgIpc) is 3.01. The number of hydrogen-bond acceptors (Lipinski definition) is 2. The van der Waals surface area contributed by atoms with Crippen molar-refractivity contribution in [3.8, 4) is 11.1 Å². The number of aryl methyl sites for hydroxylation is 2. The van der Waals surface area contributed by atoms with Gasteiger partial charge in [0.05, 0.1) is 5.69 Å². The van der Waals surface area contributed by atoms with E-state index in [9.17, 15) is 0 Å². The first-order chi connectivity index (χ1) is 9.24. The van der Waals surface area contributed by atoms with Crippen LogP contribution in [0.15, 0.2) is 24.4 Å². The zero-order valence-electron chi connectivity index (χ0n) is 11.9. The maximum absolute atomic E-state index is 4.57. The lowest BCUT2D eigenvalue weighted by atomic mass is 9.97. The van der Waals surface area contributed by atoms with Crippen LogP contribution < -0.4 is 5.32 Å². The van der Waals surface area contributed by atoms with Gasteiger partial charge in [0.15, 0.2) is 0 Å². The van der Waals surface area contributed by atoms with Crippen LogP contribution in [0.2, 0.25) is 0 Å². The first-order valence-electron chi connectivity index (χ1n) is 7.08. The number of aromatic nitrogens is 2. The third kappa shape index (κ3) is 1.98. The van der Waals surface area contributed by atoms with Crippen LogP contribution in [0.25, 0.3) is 11.1 Å². The molecule has 0 aliphatic heterocycles. The molecule has 0 fully saturated rings. The van der Waals surface area contributed by atoms with E-state index < -0.39 is 0 Å². The lowest BCUT2D eigenvalue weighted by Crippen LogP contribution is -2.12. The van der Waals surface area contributed by atoms with Gasteiger partial charge in [0.1, 0.15) is 0 Å². The van der Waals surface area contributed by atoms with Gasteiger partial charge in [-0.15, -0.1) is 0 Å². The molecule has 2 aromatic rings. The Morgan fingerprint density at radius 3 is 2.89 bits per heavy atom. The number of nitrogens with one attached hydrogen (secondary N) is 1. The summed E-state index contributed by atoms with van der Waals surface area (Å²) in [6.07, 6.45) is 4.54. The average molecular weight is 255 g/mol. The quantitative estimate of drug-likeness (QED) is 0.913. The minimum absolute atomic E-state index is 0.511. The van der Waals surface area contributed by atoms with E-state index >= 15 is 0 Å². The van der Waals surface area contributed by atoms with Crippen LogP contribution in [0.5, 0.6) is 0 Å². The Bertz CT molecular complexity index is 598. The Hall–Kier alpha value is -1.61. The molecule has 0 bridgehead atoms. The van der Waals surface area contributed by atoms with E-state index in [2.05, 4.69) is 48.7 Å². The van der Waals surface area contributed by atoms with Gasteiger partial charge in [-0.1, -0.05) is 18.2 Å². The van der Waals surface area contributed by atoms with E-state index in [-0.39, 0.29) is 0 Å². The highest BCUT2D eigenvalue weighted by molar-refractivity contribution is 5.71. The molecule has 0 amide bonds. The van der Waals surface area contributed by atoms with Crippen LogP contribution in [0, 0.1) is 6.92 Å². The molecule has 1 aliphatic carbocycles. The maximum Gasteiger partial charge on any atom is 0.0672 e. The molecule has 19 heavy (non-hydrogen) atoms. The molecule has 3 heteroatoms. The number of hydrogen-bond donors (Lipinski definition) is 1. The van der Waals surface area contributed by atoms with Crippen LogP contribution in [-0.2, 0) is 13.0 Å². The molecule has 3 nitrogen and oxygen atoms in total. The number of rotatable bonds is 3. The molecule has 0 radical (unpaired) electrons. The van der Waals surface area contributed by atoms with Gasteiger partial charge < -0.3 is 5.32 Å². The molecule has 1 aliphatic rings. The Labute approximate surface area is 114 Å². The van der Waals surface area contributed by atoms with Crippen molar-refractivity contribution in [2.75, 3.05) is 7.05 Å². The van der Waals surface area contributed by atoms with Crippen molar-refractivity contribution in [3.63, 3.8) is 0 Å². The van der Waals surface area contributed by atoms with Crippen LogP contribution in [-0.4, -0.2) is 16.8 Å². The largest absolute Gasteiger partial charge is 0.313 e. The molecule has 1 atom stereocenters. The standard InChI is InChI=1S/C16H21N3/c1-4-19-10-15(11(2)18-19)12-6-5-7-14-13(12)8-9-16(14)17-3/h5-7,10,16-17H,4,8-9H2,1-3H3. The smallest absolute Gasteiger partial charge is 0.0672 e. The summed E-state index contributed by atoms with van der Waals surface area (Å²) in [6, 6.07) is 7.18. The molecule has 1 aromatic carbocycles. The fourth-order valence-electron chi connectivity index (χ4n) is 3.15. The lowest BCUT2D eigenvalue weighted by Gasteiger charge is -2.11. The van der Waals surface area contributed by atoms with Crippen molar-refractivity contribution in [2.45, 2.75) is 39.3 Å². The first kappa shape index (κ1) is 12.4. The van der Waals surface area contributed by atoms with Crippen molar-refractivity contribution in [2.24, 2.45) is 0 Å². The molecule has 0 spiro atoms. The van der Waals surface area contributed by atoms with Gasteiger partial charge in [-0.05, 0) is 50.4 Å². The number of benzene rings is 1. The molecule has 0 saturated heterocycles. The maximum atomic E-state index is 4.57. The van der Waals surface area contributed by atoms with Gasteiger partial charge >= 0.3 is 0 Å². The van der Waals surface area contributed by atoms with Crippen molar-refractivity contribution in [1.82, 2.24) is 15.1 Å². The molecule has 0 saturated carbocycles. The molecule has 1 heterocycles. The molecule has 1 N–H and O–H groups in total. The Kier molecular flexibility index (Phi) is 3.15. The second-order valence-electron chi connectivity index (χ2n) is 5.24. The van der Waals surface area contributed by atoms with Gasteiger partial charge in [0.25, 0.3) is 0 Å². The summed E-state index contributed by atoms with van der Waals surface area (Å²) < 4.78 is 2.02. The summed E-state index contributed by atoms with van der Waals surface area (Å²) >= 11 is 0. The predicted molar refractivity (Wildman–Crippen MR) is 78.2 cm³/mol. The fraction of sp³-hybridized carbons (Fsp3) is 0.438. The van der Waals surface area contributed by atoms with E-state index in [1.54, 1.807) is 0 Å².